The van der Waals surface area contributed by atoms with Crippen LogP contribution in [0.4, 0.5) is 4.79 Å². The van der Waals surface area contributed by atoms with Gasteiger partial charge in [-0.3, -0.25) is 0 Å². The van der Waals surface area contributed by atoms with Gasteiger partial charge in [0.2, 0.25) is 0 Å². The van der Waals surface area contributed by atoms with Gasteiger partial charge in [0.15, 0.2) is 0 Å². The van der Waals surface area contributed by atoms with E-state index in [4.69, 9.17) is 5.11 Å². The number of nitrogens with one attached hydrogen (secondary N) is 2. The van der Waals surface area contributed by atoms with E-state index in [0.717, 1.165) is 12.3 Å². The van der Waals surface area contributed by atoms with E-state index in [1.165, 1.54) is 0 Å². The molecule has 0 atom stereocenters. The molecule has 0 aromatic heterocycles. The van der Waals surface area contributed by atoms with Crippen LogP contribution in [0.1, 0.15) is 6.92 Å². The highest BCUT2D eigenvalue weighted by molar-refractivity contribution is 5.81. The Morgan fingerprint density at radius 2 is 2.18 bits per heavy atom. The molecule has 0 saturated carbocycles. The molecule has 0 fully saturated rings. The zero-order chi connectivity index (χ0) is 8.69. The number of rotatable bonds is 3. The molecule has 0 aromatic carbocycles. The van der Waals surface area contributed by atoms with E-state index in [0.29, 0.717) is 6.54 Å². The van der Waals surface area contributed by atoms with Crippen LogP contribution in [0.3, 0.4) is 0 Å². The maximum Gasteiger partial charge on any atom is 0.329 e. The van der Waals surface area contributed by atoms with Gasteiger partial charge in [-0.05, 0) is 6.92 Å². The van der Waals surface area contributed by atoms with Crippen LogP contribution >= 0.6 is 0 Å². The van der Waals surface area contributed by atoms with Crippen molar-refractivity contribution in [1.82, 2.24) is 10.6 Å². The van der Waals surface area contributed by atoms with E-state index in [1.54, 1.807) is 6.92 Å². The van der Waals surface area contributed by atoms with Crippen molar-refractivity contribution in [1.29, 1.82) is 0 Å². The first-order valence-electron chi connectivity index (χ1n) is 3.10. The summed E-state index contributed by atoms with van der Waals surface area (Å²) in [7, 11) is 0. The molecule has 62 valence electrons. The predicted octanol–water partition coefficient (Wildman–Crippen LogP) is -0.0962. The Balaban J connectivity index is 3.53. The van der Waals surface area contributed by atoms with Crippen LogP contribution in [0.15, 0.2) is 12.3 Å². The van der Waals surface area contributed by atoms with E-state index in [1.807, 2.05) is 0 Å². The number of carboxylic acids is 1. The van der Waals surface area contributed by atoms with Crippen LogP contribution in [0.5, 0.6) is 0 Å². The van der Waals surface area contributed by atoms with Crippen LogP contribution in [-0.2, 0) is 4.79 Å². The van der Waals surface area contributed by atoms with Crippen molar-refractivity contribution in [3.63, 3.8) is 0 Å². The predicted molar refractivity (Wildman–Crippen MR) is 39.0 cm³/mol. The topological polar surface area (TPSA) is 78.4 Å². The standard InChI is InChI=1S/C6H10N2O3/c1-2-7-6(11)8-4-3-5(9)10/h3-4H,2H2,1H3,(H,9,10)(H2,7,8,11)/b4-3+. The van der Waals surface area contributed by atoms with E-state index in [2.05, 4.69) is 10.6 Å². The van der Waals surface area contributed by atoms with E-state index < -0.39 is 12.0 Å². The van der Waals surface area contributed by atoms with Crippen LogP contribution < -0.4 is 10.6 Å². The lowest BCUT2D eigenvalue weighted by Gasteiger charge is -1.98. The van der Waals surface area contributed by atoms with Crippen molar-refractivity contribution in [3.8, 4) is 0 Å². The highest BCUT2D eigenvalue weighted by atomic mass is 16.4. The average molecular weight is 158 g/mol. The first-order valence-corrected chi connectivity index (χ1v) is 3.10. The molecule has 11 heavy (non-hydrogen) atoms. The summed E-state index contributed by atoms with van der Waals surface area (Å²) in [4.78, 5) is 20.4. The molecule has 0 rings (SSSR count). The van der Waals surface area contributed by atoms with Crippen molar-refractivity contribution in [3.05, 3.63) is 12.3 Å². The largest absolute Gasteiger partial charge is 0.478 e. The minimum absolute atomic E-state index is 0.412. The Bertz CT molecular complexity index is 177. The molecular weight excluding hydrogens is 148 g/mol. The molecule has 0 spiro atoms. The van der Waals surface area contributed by atoms with Crippen molar-refractivity contribution >= 4 is 12.0 Å². The van der Waals surface area contributed by atoms with Gasteiger partial charge >= 0.3 is 12.0 Å². The SMILES string of the molecule is CCNC(=O)N/C=C/C(=O)O. The summed E-state index contributed by atoms with van der Waals surface area (Å²) in [5.41, 5.74) is 0. The number of hydrogen-bond acceptors (Lipinski definition) is 2. The van der Waals surface area contributed by atoms with Gasteiger partial charge < -0.3 is 15.7 Å². The van der Waals surface area contributed by atoms with Gasteiger partial charge in [0.1, 0.15) is 0 Å². The Labute approximate surface area is 64.1 Å². The van der Waals surface area contributed by atoms with Gasteiger partial charge in [-0.25, -0.2) is 9.59 Å². The average Bonchev–Trinajstić information content (AvgIpc) is 1.87. The lowest BCUT2D eigenvalue weighted by molar-refractivity contribution is -0.131. The van der Waals surface area contributed by atoms with Gasteiger partial charge in [0, 0.05) is 18.8 Å². The molecule has 0 aliphatic rings. The number of hydrogen-bond donors (Lipinski definition) is 3. The molecule has 0 saturated heterocycles. The van der Waals surface area contributed by atoms with E-state index in [9.17, 15) is 9.59 Å². The van der Waals surface area contributed by atoms with Gasteiger partial charge in [0.05, 0.1) is 0 Å². The smallest absolute Gasteiger partial charge is 0.329 e. The summed E-state index contributed by atoms with van der Waals surface area (Å²) in [6, 6.07) is -0.412. The molecule has 0 heterocycles. The summed E-state index contributed by atoms with van der Waals surface area (Å²) >= 11 is 0. The lowest BCUT2D eigenvalue weighted by atomic mass is 10.6. The number of carboxylic acid groups (broad SMARTS) is 1. The molecule has 2 amide bonds. The van der Waals surface area contributed by atoms with Crippen molar-refractivity contribution < 1.29 is 14.7 Å². The maximum atomic E-state index is 10.6. The van der Waals surface area contributed by atoms with Crippen molar-refractivity contribution in [2.75, 3.05) is 6.54 Å². The number of carbonyl (C=O) groups excluding carboxylic acids is 1. The zero-order valence-corrected chi connectivity index (χ0v) is 6.13. The second kappa shape index (κ2) is 5.28. The van der Waals surface area contributed by atoms with Crippen LogP contribution in [0.2, 0.25) is 0 Å². The van der Waals surface area contributed by atoms with Crippen LogP contribution in [0, 0.1) is 0 Å². The van der Waals surface area contributed by atoms with Gasteiger partial charge in [-0.15, -0.1) is 0 Å². The van der Waals surface area contributed by atoms with Gasteiger partial charge in [-0.2, -0.15) is 0 Å². The molecule has 3 N–H and O–H groups in total. The fourth-order valence-electron chi connectivity index (χ4n) is 0.400. The molecule has 0 aromatic rings. The van der Waals surface area contributed by atoms with Crippen molar-refractivity contribution in [2.45, 2.75) is 6.92 Å². The maximum absolute atomic E-state index is 10.6. The Morgan fingerprint density at radius 1 is 1.55 bits per heavy atom. The fourth-order valence-corrected chi connectivity index (χ4v) is 0.400. The molecule has 5 nitrogen and oxygen atoms in total. The molecule has 0 unspecified atom stereocenters. The Kier molecular flexibility index (Phi) is 4.55. The van der Waals surface area contributed by atoms with E-state index in [-0.39, 0.29) is 0 Å². The monoisotopic (exact) mass is 158 g/mol. The molecule has 0 aliphatic heterocycles. The number of urea groups is 1. The zero-order valence-electron chi connectivity index (χ0n) is 6.13. The van der Waals surface area contributed by atoms with Crippen molar-refractivity contribution in [2.24, 2.45) is 0 Å². The summed E-state index contributed by atoms with van der Waals surface area (Å²) < 4.78 is 0. The van der Waals surface area contributed by atoms with Gasteiger partial charge in [-0.1, -0.05) is 0 Å². The normalized spacial score (nSPS) is 9.55. The summed E-state index contributed by atoms with van der Waals surface area (Å²) in [5, 5.41) is 12.7. The minimum Gasteiger partial charge on any atom is -0.478 e. The number of amides is 2. The molecular formula is C6H10N2O3. The first kappa shape index (κ1) is 9.48. The molecule has 0 bridgehead atoms. The summed E-state index contributed by atoms with van der Waals surface area (Å²) in [5.74, 6) is -1.10. The van der Waals surface area contributed by atoms with Crippen LogP contribution in [0.25, 0.3) is 0 Å². The summed E-state index contributed by atoms with van der Waals surface area (Å²) in [6.45, 7) is 2.27. The van der Waals surface area contributed by atoms with Crippen LogP contribution in [-0.4, -0.2) is 23.7 Å². The third-order valence-corrected chi connectivity index (χ3v) is 0.778. The van der Waals surface area contributed by atoms with E-state index >= 15 is 0 Å². The van der Waals surface area contributed by atoms with Gasteiger partial charge in [0.25, 0.3) is 0 Å². The Hall–Kier alpha value is -1.52. The first-order chi connectivity index (χ1) is 5.16. The third-order valence-electron chi connectivity index (χ3n) is 0.778. The third kappa shape index (κ3) is 6.36. The summed E-state index contributed by atoms with van der Waals surface area (Å²) in [6.07, 6.45) is 1.91. The number of carbonyl (C=O) groups is 2. The molecule has 0 radical (unpaired) electrons. The molecule has 5 heteroatoms. The second-order valence-electron chi connectivity index (χ2n) is 1.68. The lowest BCUT2D eigenvalue weighted by Crippen LogP contribution is -2.31. The second-order valence-corrected chi connectivity index (χ2v) is 1.68. The fraction of sp³-hybridized carbons (Fsp3) is 0.333. The minimum atomic E-state index is -1.10. The quantitative estimate of drug-likeness (QED) is 0.502. The Morgan fingerprint density at radius 3 is 2.64 bits per heavy atom. The highest BCUT2D eigenvalue weighted by Gasteiger charge is 1.91. The highest BCUT2D eigenvalue weighted by Crippen LogP contribution is 1.69. The number of aliphatic carboxylic acids is 1. The molecule has 0 aliphatic carbocycles.